The third kappa shape index (κ3) is 4.99. The minimum atomic E-state index is -0.568. The molecule has 2 aromatic rings. The average molecular weight is 470 g/mol. The fourth-order valence-corrected chi connectivity index (χ4v) is 6.84. The van der Waals surface area contributed by atoms with E-state index in [1.165, 1.54) is 0 Å². The monoisotopic (exact) mass is 469 g/mol. The van der Waals surface area contributed by atoms with Crippen LogP contribution in [-0.2, 0) is 11.3 Å². The minimum absolute atomic E-state index is 0.0000940. The SMILES string of the molecule is C[C@@H]1[C@@H]2[C@@H](O)[C@@H]([C@H](C)C(=O)NCc3cccs3)CC[C@]2(C)CC[C@@H]1NC(=O)c1ccncc1. The van der Waals surface area contributed by atoms with Crippen LogP contribution in [0.1, 0.15) is 61.7 Å². The highest BCUT2D eigenvalue weighted by Crippen LogP contribution is 2.55. The van der Waals surface area contributed by atoms with Crippen molar-refractivity contribution in [2.45, 2.75) is 65.1 Å². The van der Waals surface area contributed by atoms with Crippen LogP contribution in [0.3, 0.4) is 0 Å². The molecule has 7 heteroatoms. The molecule has 0 bridgehead atoms. The maximum absolute atomic E-state index is 12.9. The molecule has 3 N–H and O–H groups in total. The molecule has 2 aromatic heterocycles. The van der Waals surface area contributed by atoms with E-state index in [0.29, 0.717) is 12.1 Å². The van der Waals surface area contributed by atoms with Gasteiger partial charge >= 0.3 is 0 Å². The number of carbonyl (C=O) groups is 2. The number of pyridine rings is 1. The Bertz CT molecular complexity index is 951. The summed E-state index contributed by atoms with van der Waals surface area (Å²) in [7, 11) is 0. The van der Waals surface area contributed by atoms with E-state index < -0.39 is 6.10 Å². The van der Waals surface area contributed by atoms with Crippen LogP contribution in [0, 0.1) is 29.1 Å². The van der Waals surface area contributed by atoms with E-state index in [0.717, 1.165) is 30.6 Å². The molecule has 7 atom stereocenters. The van der Waals surface area contributed by atoms with Crippen LogP contribution in [0.25, 0.3) is 0 Å². The number of nitrogens with one attached hydrogen (secondary N) is 2. The largest absolute Gasteiger partial charge is 0.392 e. The van der Waals surface area contributed by atoms with Crippen LogP contribution in [0.15, 0.2) is 42.0 Å². The van der Waals surface area contributed by atoms with Gasteiger partial charge in [0.25, 0.3) is 5.91 Å². The fraction of sp³-hybridized carbons (Fsp3) is 0.577. The molecule has 4 rings (SSSR count). The predicted molar refractivity (Wildman–Crippen MR) is 130 cm³/mol. The van der Waals surface area contributed by atoms with Crippen molar-refractivity contribution in [3.05, 3.63) is 52.5 Å². The van der Waals surface area contributed by atoms with Gasteiger partial charge in [-0.05, 0) is 72.4 Å². The zero-order valence-corrected chi connectivity index (χ0v) is 20.5. The molecule has 2 amide bonds. The van der Waals surface area contributed by atoms with Crippen molar-refractivity contribution in [3.8, 4) is 0 Å². The van der Waals surface area contributed by atoms with Crippen LogP contribution in [0.4, 0.5) is 0 Å². The minimum Gasteiger partial charge on any atom is -0.392 e. The normalized spacial score (nSPS) is 32.4. The number of hydrogen-bond donors (Lipinski definition) is 3. The Balaban J connectivity index is 1.43. The summed E-state index contributed by atoms with van der Waals surface area (Å²) in [5.74, 6) is -0.274. The number of carbonyl (C=O) groups excluding carboxylic acids is 2. The van der Waals surface area contributed by atoms with Gasteiger partial charge in [0.15, 0.2) is 0 Å². The second-order valence-corrected chi connectivity index (χ2v) is 11.2. The molecule has 2 heterocycles. The number of hydrogen-bond acceptors (Lipinski definition) is 5. The zero-order chi connectivity index (χ0) is 23.6. The van der Waals surface area contributed by atoms with Gasteiger partial charge in [0.1, 0.15) is 0 Å². The van der Waals surface area contributed by atoms with Crippen LogP contribution in [-0.4, -0.2) is 34.1 Å². The van der Waals surface area contributed by atoms with Gasteiger partial charge < -0.3 is 15.7 Å². The first-order valence-electron chi connectivity index (χ1n) is 12.0. The Morgan fingerprint density at radius 2 is 1.97 bits per heavy atom. The van der Waals surface area contributed by atoms with Crippen molar-refractivity contribution in [1.82, 2.24) is 15.6 Å². The van der Waals surface area contributed by atoms with Gasteiger partial charge in [0.2, 0.25) is 5.91 Å². The van der Waals surface area contributed by atoms with E-state index in [9.17, 15) is 14.7 Å². The lowest BCUT2D eigenvalue weighted by atomic mass is 9.51. The van der Waals surface area contributed by atoms with Crippen LogP contribution in [0.5, 0.6) is 0 Å². The molecule has 2 aliphatic carbocycles. The molecule has 33 heavy (non-hydrogen) atoms. The van der Waals surface area contributed by atoms with E-state index >= 15 is 0 Å². The second-order valence-electron chi connectivity index (χ2n) is 10.2. The molecule has 178 valence electrons. The Kier molecular flexibility index (Phi) is 7.19. The number of aliphatic hydroxyl groups excluding tert-OH is 1. The van der Waals surface area contributed by atoms with Gasteiger partial charge in [-0.2, -0.15) is 0 Å². The maximum Gasteiger partial charge on any atom is 0.251 e. The topological polar surface area (TPSA) is 91.3 Å². The molecule has 0 spiro atoms. The van der Waals surface area contributed by atoms with E-state index in [-0.39, 0.29) is 46.9 Å². The first-order valence-corrected chi connectivity index (χ1v) is 12.9. The summed E-state index contributed by atoms with van der Waals surface area (Å²) in [5, 5.41) is 19.8. The summed E-state index contributed by atoms with van der Waals surface area (Å²) in [6.07, 6.45) is 6.39. The lowest BCUT2D eigenvalue weighted by Gasteiger charge is -2.56. The van der Waals surface area contributed by atoms with E-state index in [1.54, 1.807) is 35.9 Å². The highest BCUT2D eigenvalue weighted by atomic mass is 32.1. The highest BCUT2D eigenvalue weighted by molar-refractivity contribution is 7.09. The molecule has 0 aromatic carbocycles. The number of aliphatic hydroxyl groups is 1. The van der Waals surface area contributed by atoms with E-state index in [4.69, 9.17) is 0 Å². The standard InChI is InChI=1S/C26H35N3O3S/c1-16(24(31)28-15-19-5-4-14-33-19)20-6-10-26(3)11-7-21(17(2)22(26)23(20)30)29-25(32)18-8-12-27-13-9-18/h4-5,8-9,12-14,16-17,20-23,30H,6-7,10-11,15H2,1-3H3,(H,28,31)(H,29,32)/t16-,17-,20+,21-,22+,23-,26+/m0/s1. The van der Waals surface area contributed by atoms with Crippen LogP contribution >= 0.6 is 11.3 Å². The van der Waals surface area contributed by atoms with Gasteiger partial charge in [0, 0.05) is 34.8 Å². The molecular formula is C26H35N3O3S. The summed E-state index contributed by atoms with van der Waals surface area (Å²) in [6, 6.07) is 7.43. The van der Waals surface area contributed by atoms with Crippen molar-refractivity contribution in [2.24, 2.45) is 29.1 Å². The Hall–Kier alpha value is -2.25. The van der Waals surface area contributed by atoms with Gasteiger partial charge in [-0.15, -0.1) is 11.3 Å². The molecule has 0 radical (unpaired) electrons. The summed E-state index contributed by atoms with van der Waals surface area (Å²) in [5.41, 5.74) is 0.629. The fourth-order valence-electron chi connectivity index (χ4n) is 6.20. The molecule has 2 fully saturated rings. The summed E-state index contributed by atoms with van der Waals surface area (Å²) < 4.78 is 0. The Morgan fingerprint density at radius 1 is 1.24 bits per heavy atom. The average Bonchev–Trinajstić information content (AvgIpc) is 3.33. The smallest absolute Gasteiger partial charge is 0.251 e. The van der Waals surface area contributed by atoms with E-state index in [1.807, 2.05) is 24.4 Å². The maximum atomic E-state index is 12.9. The highest BCUT2D eigenvalue weighted by Gasteiger charge is 2.53. The first kappa shape index (κ1) is 23.9. The van der Waals surface area contributed by atoms with Gasteiger partial charge in [-0.3, -0.25) is 14.6 Å². The van der Waals surface area contributed by atoms with Gasteiger partial charge in [0.05, 0.1) is 12.6 Å². The molecule has 2 aliphatic rings. The molecule has 0 saturated heterocycles. The van der Waals surface area contributed by atoms with Crippen molar-refractivity contribution in [3.63, 3.8) is 0 Å². The Labute approximate surface area is 200 Å². The van der Waals surface area contributed by atoms with E-state index in [2.05, 4.69) is 29.5 Å². The number of fused-ring (bicyclic) bond motifs is 1. The van der Waals surface area contributed by atoms with Crippen molar-refractivity contribution in [1.29, 1.82) is 0 Å². The summed E-state index contributed by atoms with van der Waals surface area (Å²) in [4.78, 5) is 30.8. The molecule has 0 unspecified atom stereocenters. The van der Waals surface area contributed by atoms with Crippen molar-refractivity contribution >= 4 is 23.2 Å². The summed E-state index contributed by atoms with van der Waals surface area (Å²) >= 11 is 1.63. The lowest BCUT2D eigenvalue weighted by Crippen LogP contribution is -2.58. The zero-order valence-electron chi connectivity index (χ0n) is 19.7. The molecular weight excluding hydrogens is 434 g/mol. The number of amides is 2. The number of aromatic nitrogens is 1. The first-order chi connectivity index (χ1) is 15.8. The van der Waals surface area contributed by atoms with Crippen molar-refractivity contribution < 1.29 is 14.7 Å². The van der Waals surface area contributed by atoms with Crippen LogP contribution in [0.2, 0.25) is 0 Å². The second kappa shape index (κ2) is 9.94. The lowest BCUT2D eigenvalue weighted by molar-refractivity contribution is -0.142. The number of nitrogens with zero attached hydrogens (tertiary/aromatic N) is 1. The predicted octanol–water partition coefficient (Wildman–Crippen LogP) is 4.02. The molecule has 6 nitrogen and oxygen atoms in total. The molecule has 0 aliphatic heterocycles. The third-order valence-corrected chi connectivity index (χ3v) is 9.10. The quantitative estimate of drug-likeness (QED) is 0.596. The van der Waals surface area contributed by atoms with Gasteiger partial charge in [-0.1, -0.05) is 26.8 Å². The number of thiophene rings is 1. The van der Waals surface area contributed by atoms with Crippen molar-refractivity contribution in [2.75, 3.05) is 0 Å². The third-order valence-electron chi connectivity index (χ3n) is 8.22. The summed E-state index contributed by atoms with van der Waals surface area (Å²) in [6.45, 7) is 6.89. The van der Waals surface area contributed by atoms with Crippen LogP contribution < -0.4 is 10.6 Å². The Morgan fingerprint density at radius 3 is 2.67 bits per heavy atom. The van der Waals surface area contributed by atoms with Gasteiger partial charge in [-0.25, -0.2) is 0 Å². The molecule has 2 saturated carbocycles. The number of rotatable bonds is 6.